The molecule has 1 amide bonds. The molecular weight excluding hydrogens is 500 g/mol. The molecule has 2 heterocycles. The van der Waals surface area contributed by atoms with Crippen molar-refractivity contribution in [2.24, 2.45) is 5.92 Å². The molecule has 4 rings (SSSR count). The molecule has 2 aromatic carbocycles. The van der Waals surface area contributed by atoms with Crippen LogP contribution in [0.5, 0.6) is 11.5 Å². The Balaban J connectivity index is 1.70. The third kappa shape index (κ3) is 6.45. The van der Waals surface area contributed by atoms with E-state index in [1.165, 1.54) is 0 Å². The van der Waals surface area contributed by atoms with Gasteiger partial charge in [0, 0.05) is 18.3 Å². The summed E-state index contributed by atoms with van der Waals surface area (Å²) < 4.78 is 13.4. The summed E-state index contributed by atoms with van der Waals surface area (Å²) in [7, 11) is 1.66. The van der Waals surface area contributed by atoms with Crippen molar-refractivity contribution < 1.29 is 14.3 Å². The fourth-order valence-corrected chi connectivity index (χ4v) is 4.57. The monoisotopic (exact) mass is 534 g/mol. The second-order valence-electron chi connectivity index (χ2n) is 9.99. The van der Waals surface area contributed by atoms with Gasteiger partial charge in [-0.15, -0.1) is 0 Å². The first-order chi connectivity index (χ1) is 18.3. The Hall–Kier alpha value is -3.58. The van der Waals surface area contributed by atoms with Gasteiger partial charge >= 0.3 is 0 Å². The number of benzene rings is 2. The van der Waals surface area contributed by atoms with E-state index in [1.807, 2.05) is 55.1 Å². The molecule has 4 aromatic rings. The van der Waals surface area contributed by atoms with Crippen molar-refractivity contribution in [2.45, 2.75) is 53.3 Å². The number of fused-ring (bicyclic) bond motifs is 1. The van der Waals surface area contributed by atoms with Gasteiger partial charge in [0.25, 0.3) is 5.91 Å². The number of carbonyl (C=O) groups is 1. The van der Waals surface area contributed by atoms with Gasteiger partial charge < -0.3 is 18.9 Å². The number of carbonyl (C=O) groups excluding carboxylic acids is 1. The number of amides is 1. The van der Waals surface area contributed by atoms with Gasteiger partial charge in [-0.1, -0.05) is 43.6 Å². The molecule has 0 aliphatic carbocycles. The summed E-state index contributed by atoms with van der Waals surface area (Å²) in [6.45, 7) is 9.60. The molecule has 0 saturated carbocycles. The summed E-state index contributed by atoms with van der Waals surface area (Å²) in [4.78, 5) is 25.1. The average Bonchev–Trinajstić information content (AvgIpc) is 3.23. The number of pyridine rings is 1. The molecular formula is C30H35ClN4O3. The van der Waals surface area contributed by atoms with Gasteiger partial charge in [-0.2, -0.15) is 0 Å². The quantitative estimate of drug-likeness (QED) is 0.216. The van der Waals surface area contributed by atoms with Crippen LogP contribution in [0, 0.1) is 5.92 Å². The summed E-state index contributed by atoms with van der Waals surface area (Å²) in [5.41, 5.74) is 2.99. The van der Waals surface area contributed by atoms with E-state index in [-0.39, 0.29) is 12.0 Å². The summed E-state index contributed by atoms with van der Waals surface area (Å²) in [6, 6.07) is 16.9. The zero-order chi connectivity index (χ0) is 27.2. The Kier molecular flexibility index (Phi) is 8.89. The van der Waals surface area contributed by atoms with Crippen LogP contribution in [-0.4, -0.2) is 45.1 Å². The van der Waals surface area contributed by atoms with Crippen LogP contribution in [0.2, 0.25) is 5.02 Å². The predicted octanol–water partition coefficient (Wildman–Crippen LogP) is 6.62. The van der Waals surface area contributed by atoms with E-state index in [2.05, 4.69) is 23.4 Å². The van der Waals surface area contributed by atoms with Crippen LogP contribution < -0.4 is 9.47 Å². The fourth-order valence-electron chi connectivity index (χ4n) is 4.32. The first kappa shape index (κ1) is 27.5. The Morgan fingerprint density at radius 3 is 2.58 bits per heavy atom. The van der Waals surface area contributed by atoms with E-state index in [0.29, 0.717) is 41.9 Å². The van der Waals surface area contributed by atoms with Crippen LogP contribution in [0.15, 0.2) is 60.8 Å². The number of nitrogens with zero attached hydrogens (tertiary/aromatic N) is 4. The Labute approximate surface area is 229 Å². The molecule has 0 atom stereocenters. The van der Waals surface area contributed by atoms with Crippen LogP contribution in [0.1, 0.15) is 55.9 Å². The molecule has 8 heteroatoms. The Morgan fingerprint density at radius 2 is 1.87 bits per heavy atom. The van der Waals surface area contributed by atoms with E-state index >= 15 is 0 Å². The van der Waals surface area contributed by atoms with E-state index in [4.69, 9.17) is 26.1 Å². The molecule has 38 heavy (non-hydrogen) atoms. The maximum absolute atomic E-state index is 13.8. The number of aromatic nitrogens is 3. The fraction of sp³-hybridized carbons (Fsp3) is 0.367. The lowest BCUT2D eigenvalue weighted by Crippen LogP contribution is -2.33. The van der Waals surface area contributed by atoms with Crippen molar-refractivity contribution >= 4 is 28.7 Å². The largest absolute Gasteiger partial charge is 0.496 e. The van der Waals surface area contributed by atoms with Gasteiger partial charge in [-0.25, -0.2) is 9.97 Å². The van der Waals surface area contributed by atoms with Crippen molar-refractivity contribution in [1.82, 2.24) is 19.4 Å². The number of ether oxygens (including phenoxy) is 2. The molecule has 0 radical (unpaired) electrons. The standard InChI is InChI=1S/C30H35ClN4O3/c1-20(2)14-16-34(30(36)24-13-12-23(17-25(24)31)38-21(3)4)19-28-33-26-10-8-15-32-29(26)35(28)18-22-9-6-7-11-27(22)37-5/h6-13,15,17,20-21H,14,16,18-19H2,1-5H3. The van der Waals surface area contributed by atoms with Crippen LogP contribution in [0.3, 0.4) is 0 Å². The van der Waals surface area contributed by atoms with E-state index in [9.17, 15) is 4.79 Å². The number of hydrogen-bond donors (Lipinski definition) is 0. The minimum absolute atomic E-state index is 0.0139. The number of methoxy groups -OCH3 is 1. The molecule has 7 nitrogen and oxygen atoms in total. The molecule has 0 N–H and O–H groups in total. The summed E-state index contributed by atoms with van der Waals surface area (Å²) >= 11 is 6.58. The average molecular weight is 535 g/mol. The van der Waals surface area contributed by atoms with Gasteiger partial charge in [0.15, 0.2) is 5.65 Å². The molecule has 2 aromatic heterocycles. The van der Waals surface area contributed by atoms with Crippen LogP contribution >= 0.6 is 11.6 Å². The van der Waals surface area contributed by atoms with Crippen LogP contribution in [-0.2, 0) is 13.1 Å². The predicted molar refractivity (Wildman–Crippen MR) is 151 cm³/mol. The van der Waals surface area contributed by atoms with Crippen molar-refractivity contribution in [3.63, 3.8) is 0 Å². The smallest absolute Gasteiger partial charge is 0.255 e. The van der Waals surface area contributed by atoms with Crippen molar-refractivity contribution in [3.8, 4) is 11.5 Å². The lowest BCUT2D eigenvalue weighted by molar-refractivity contribution is 0.0729. The normalized spacial score (nSPS) is 11.4. The molecule has 200 valence electrons. The van der Waals surface area contributed by atoms with Crippen molar-refractivity contribution in [3.05, 3.63) is 82.8 Å². The minimum atomic E-state index is -0.143. The van der Waals surface area contributed by atoms with Crippen molar-refractivity contribution in [1.29, 1.82) is 0 Å². The van der Waals surface area contributed by atoms with Gasteiger partial charge in [-0.3, -0.25) is 4.79 Å². The summed E-state index contributed by atoms with van der Waals surface area (Å²) in [5.74, 6) is 2.46. The van der Waals surface area contributed by atoms with E-state index in [0.717, 1.165) is 34.7 Å². The molecule has 0 spiro atoms. The van der Waals surface area contributed by atoms with Crippen LogP contribution in [0.4, 0.5) is 0 Å². The molecule has 0 unspecified atom stereocenters. The third-order valence-electron chi connectivity index (χ3n) is 6.24. The lowest BCUT2D eigenvalue weighted by atomic mass is 10.1. The third-order valence-corrected chi connectivity index (χ3v) is 6.56. The number of rotatable bonds is 11. The van der Waals surface area contributed by atoms with Gasteiger partial charge in [-0.05, 0) is 62.6 Å². The SMILES string of the molecule is COc1ccccc1Cn1c(CN(CCC(C)C)C(=O)c2ccc(OC(C)C)cc2Cl)nc2cccnc21. The second kappa shape index (κ2) is 12.3. The highest BCUT2D eigenvalue weighted by Crippen LogP contribution is 2.27. The van der Waals surface area contributed by atoms with Gasteiger partial charge in [0.05, 0.1) is 36.9 Å². The lowest BCUT2D eigenvalue weighted by Gasteiger charge is -2.25. The summed E-state index contributed by atoms with van der Waals surface area (Å²) in [6.07, 6.45) is 2.62. The molecule has 0 fully saturated rings. The Morgan fingerprint density at radius 1 is 1.08 bits per heavy atom. The highest BCUT2D eigenvalue weighted by atomic mass is 35.5. The maximum atomic E-state index is 13.8. The molecule has 0 aliphatic heterocycles. The maximum Gasteiger partial charge on any atom is 0.255 e. The first-order valence-electron chi connectivity index (χ1n) is 12.9. The zero-order valence-electron chi connectivity index (χ0n) is 22.6. The van der Waals surface area contributed by atoms with E-state index in [1.54, 1.807) is 31.5 Å². The molecule has 0 bridgehead atoms. The molecule has 0 saturated heterocycles. The van der Waals surface area contributed by atoms with Crippen LogP contribution in [0.25, 0.3) is 11.2 Å². The first-order valence-corrected chi connectivity index (χ1v) is 13.3. The van der Waals surface area contributed by atoms with E-state index < -0.39 is 0 Å². The molecule has 0 aliphatic rings. The highest BCUT2D eigenvalue weighted by molar-refractivity contribution is 6.34. The number of imidazole rings is 1. The highest BCUT2D eigenvalue weighted by Gasteiger charge is 2.23. The number of para-hydroxylation sites is 1. The minimum Gasteiger partial charge on any atom is -0.496 e. The Bertz CT molecular complexity index is 1400. The zero-order valence-corrected chi connectivity index (χ0v) is 23.4. The van der Waals surface area contributed by atoms with Gasteiger partial charge in [0.2, 0.25) is 0 Å². The number of halogens is 1. The summed E-state index contributed by atoms with van der Waals surface area (Å²) in [5, 5.41) is 0.367. The number of hydrogen-bond acceptors (Lipinski definition) is 5. The van der Waals surface area contributed by atoms with Gasteiger partial charge in [0.1, 0.15) is 22.8 Å². The van der Waals surface area contributed by atoms with Crippen molar-refractivity contribution in [2.75, 3.05) is 13.7 Å². The second-order valence-corrected chi connectivity index (χ2v) is 10.4. The topological polar surface area (TPSA) is 69.5 Å².